The Bertz CT molecular complexity index is 924. The van der Waals surface area contributed by atoms with E-state index in [1.54, 1.807) is 45.0 Å². The third-order valence-electron chi connectivity index (χ3n) is 6.13. The first kappa shape index (κ1) is 24.9. The summed E-state index contributed by atoms with van der Waals surface area (Å²) in [6, 6.07) is 6.56. The summed E-state index contributed by atoms with van der Waals surface area (Å²) in [7, 11) is -4.17. The van der Waals surface area contributed by atoms with Crippen LogP contribution in [0.25, 0.3) is 0 Å². The van der Waals surface area contributed by atoms with Crippen molar-refractivity contribution in [3.63, 3.8) is 0 Å². The Morgan fingerprint density at radius 3 is 2.25 bits per heavy atom. The zero-order chi connectivity index (χ0) is 23.9. The fraction of sp³-hybridized carbons (Fsp3) is 0.682. The van der Waals surface area contributed by atoms with E-state index in [2.05, 4.69) is 4.72 Å². The van der Waals surface area contributed by atoms with Gasteiger partial charge in [0.1, 0.15) is 5.60 Å². The van der Waals surface area contributed by atoms with Gasteiger partial charge < -0.3 is 18.9 Å². The highest BCUT2D eigenvalue weighted by Gasteiger charge is 2.51. The van der Waals surface area contributed by atoms with E-state index >= 15 is 0 Å². The van der Waals surface area contributed by atoms with E-state index in [0.29, 0.717) is 18.7 Å². The number of carbonyl (C=O) groups excluding carboxylic acids is 1. The van der Waals surface area contributed by atoms with Crippen molar-refractivity contribution in [3.05, 3.63) is 24.3 Å². The minimum Gasteiger partial charge on any atom is -0.444 e. The summed E-state index contributed by atoms with van der Waals surface area (Å²) in [5.74, 6) is -0.175. The number of nitrogens with one attached hydrogen (secondary N) is 1. The Balaban J connectivity index is 1.62. The molecule has 8 nitrogen and oxygen atoms in total. The van der Waals surface area contributed by atoms with E-state index < -0.39 is 46.1 Å². The highest BCUT2D eigenvalue weighted by Crippen LogP contribution is 2.36. The number of ether oxygens (including phenoxy) is 1. The monoisotopic (exact) mass is 466 g/mol. The molecule has 178 valence electrons. The molecular formula is C22H35BN2O6S. The normalized spacial score (nSPS) is 22.8. The van der Waals surface area contributed by atoms with Crippen molar-refractivity contribution >= 4 is 34.4 Å². The molecule has 3 rings (SSSR count). The maximum atomic E-state index is 12.8. The first-order chi connectivity index (χ1) is 14.6. The van der Waals surface area contributed by atoms with Crippen LogP contribution < -0.4 is 10.2 Å². The quantitative estimate of drug-likeness (QED) is 0.671. The molecule has 10 heteroatoms. The Morgan fingerprint density at radius 1 is 1.16 bits per heavy atom. The maximum absolute atomic E-state index is 12.8. The molecule has 0 unspecified atom stereocenters. The molecule has 0 aliphatic carbocycles. The van der Waals surface area contributed by atoms with Crippen molar-refractivity contribution in [2.24, 2.45) is 0 Å². The number of likely N-dealkylation sites (tertiary alicyclic amines) is 1. The van der Waals surface area contributed by atoms with E-state index in [4.69, 9.17) is 14.0 Å². The third-order valence-corrected chi connectivity index (χ3v) is 7.50. The number of benzene rings is 1. The molecular weight excluding hydrogens is 431 g/mol. The molecule has 1 amide bonds. The maximum Gasteiger partial charge on any atom is 0.494 e. The second-order valence-electron chi connectivity index (χ2n) is 10.6. The lowest BCUT2D eigenvalue weighted by Gasteiger charge is -2.32. The van der Waals surface area contributed by atoms with Gasteiger partial charge in [-0.1, -0.05) is 12.1 Å². The molecule has 32 heavy (non-hydrogen) atoms. The Labute approximate surface area is 192 Å². The Hall–Kier alpha value is -1.78. The molecule has 0 spiro atoms. The molecule has 1 N–H and O–H groups in total. The zero-order valence-corrected chi connectivity index (χ0v) is 20.9. The molecule has 1 aromatic carbocycles. The minimum absolute atomic E-state index is 0.175. The van der Waals surface area contributed by atoms with Crippen LogP contribution in [-0.4, -0.2) is 61.7 Å². The van der Waals surface area contributed by atoms with Gasteiger partial charge in [-0.05, 0) is 78.9 Å². The van der Waals surface area contributed by atoms with Crippen LogP contribution in [0.2, 0.25) is 0 Å². The van der Waals surface area contributed by atoms with Crippen LogP contribution in [0, 0.1) is 0 Å². The van der Waals surface area contributed by atoms with Gasteiger partial charge in [0.15, 0.2) is 0 Å². The standard InChI is InChI=1S/C22H35BN2O6S/c1-20(2,3)29-19(26)25-14-8-9-18(25)15-32(27,28)24-17-12-10-16(11-13-17)23-30-21(4,5)22(6,7)31-23/h10-13,18,24H,8-9,14-15H2,1-7H3/t18-/m0/s1. The van der Waals surface area contributed by atoms with Crippen LogP contribution in [0.5, 0.6) is 0 Å². The van der Waals surface area contributed by atoms with Gasteiger partial charge >= 0.3 is 13.2 Å². The van der Waals surface area contributed by atoms with Crippen molar-refractivity contribution < 1.29 is 27.3 Å². The van der Waals surface area contributed by atoms with Crippen LogP contribution in [0.3, 0.4) is 0 Å². The van der Waals surface area contributed by atoms with Crippen LogP contribution in [-0.2, 0) is 24.1 Å². The summed E-state index contributed by atoms with van der Waals surface area (Å²) in [6.07, 6.45) is 0.908. The highest BCUT2D eigenvalue weighted by atomic mass is 32.2. The van der Waals surface area contributed by atoms with Crippen molar-refractivity contribution in [1.82, 2.24) is 4.90 Å². The van der Waals surface area contributed by atoms with Crippen molar-refractivity contribution in [1.29, 1.82) is 0 Å². The van der Waals surface area contributed by atoms with Crippen molar-refractivity contribution in [3.8, 4) is 0 Å². The van der Waals surface area contributed by atoms with Crippen LogP contribution >= 0.6 is 0 Å². The number of carbonyl (C=O) groups is 1. The topological polar surface area (TPSA) is 94.2 Å². The van der Waals surface area contributed by atoms with Gasteiger partial charge in [0.25, 0.3) is 0 Å². The van der Waals surface area contributed by atoms with Gasteiger partial charge in [0.05, 0.1) is 23.0 Å². The fourth-order valence-corrected chi connectivity index (χ4v) is 5.16. The fourth-order valence-electron chi connectivity index (χ4n) is 3.73. The predicted molar refractivity (Wildman–Crippen MR) is 126 cm³/mol. The zero-order valence-electron chi connectivity index (χ0n) is 20.1. The lowest BCUT2D eigenvalue weighted by molar-refractivity contribution is 0.00578. The summed E-state index contributed by atoms with van der Waals surface area (Å²) in [5, 5.41) is 0. The van der Waals surface area contributed by atoms with E-state index in [1.807, 2.05) is 27.7 Å². The number of amides is 1. The van der Waals surface area contributed by atoms with Gasteiger partial charge in [-0.25, -0.2) is 13.2 Å². The summed E-state index contributed by atoms with van der Waals surface area (Å²) in [4.78, 5) is 14.0. The number of nitrogens with zero attached hydrogens (tertiary/aromatic N) is 1. The van der Waals surface area contributed by atoms with Gasteiger partial charge in [0, 0.05) is 12.2 Å². The van der Waals surface area contributed by atoms with E-state index in [9.17, 15) is 13.2 Å². The number of anilines is 1. The molecule has 2 aliphatic rings. The Morgan fingerprint density at radius 2 is 1.72 bits per heavy atom. The molecule has 0 radical (unpaired) electrons. The highest BCUT2D eigenvalue weighted by molar-refractivity contribution is 7.92. The van der Waals surface area contributed by atoms with E-state index in [0.717, 1.165) is 11.9 Å². The summed E-state index contributed by atoms with van der Waals surface area (Å²) < 4.78 is 45.7. The second kappa shape index (κ2) is 8.54. The lowest BCUT2D eigenvalue weighted by Crippen LogP contribution is -2.43. The molecule has 1 aromatic rings. The second-order valence-corrected chi connectivity index (χ2v) is 12.3. The molecule has 2 aliphatic heterocycles. The van der Waals surface area contributed by atoms with E-state index in [1.165, 1.54) is 4.90 Å². The van der Waals surface area contributed by atoms with Gasteiger partial charge in [-0.15, -0.1) is 0 Å². The molecule has 2 heterocycles. The van der Waals surface area contributed by atoms with E-state index in [-0.39, 0.29) is 5.75 Å². The minimum atomic E-state index is -3.66. The average Bonchev–Trinajstić information content (AvgIpc) is 3.14. The summed E-state index contributed by atoms with van der Waals surface area (Å²) in [5.41, 5.74) is -0.246. The number of hydrogen-bond acceptors (Lipinski definition) is 6. The first-order valence-corrected chi connectivity index (χ1v) is 12.7. The van der Waals surface area contributed by atoms with Crippen LogP contribution in [0.15, 0.2) is 24.3 Å². The van der Waals surface area contributed by atoms with Crippen LogP contribution in [0.4, 0.5) is 10.5 Å². The third kappa shape index (κ3) is 5.77. The molecule has 0 saturated carbocycles. The summed E-state index contributed by atoms with van der Waals surface area (Å²) >= 11 is 0. The average molecular weight is 466 g/mol. The molecule has 2 fully saturated rings. The molecule has 0 bridgehead atoms. The molecule has 2 saturated heterocycles. The predicted octanol–water partition coefficient (Wildman–Crippen LogP) is 3.13. The lowest BCUT2D eigenvalue weighted by atomic mass is 9.79. The molecule has 1 atom stereocenters. The van der Waals surface area contributed by atoms with Crippen molar-refractivity contribution in [2.75, 3.05) is 17.0 Å². The number of hydrogen-bond donors (Lipinski definition) is 1. The van der Waals surface area contributed by atoms with Crippen molar-refractivity contribution in [2.45, 2.75) is 84.2 Å². The molecule has 0 aromatic heterocycles. The van der Waals surface area contributed by atoms with Gasteiger partial charge in [0.2, 0.25) is 10.0 Å². The number of sulfonamides is 1. The largest absolute Gasteiger partial charge is 0.494 e. The number of rotatable bonds is 5. The van der Waals surface area contributed by atoms with Crippen LogP contribution in [0.1, 0.15) is 61.3 Å². The smallest absolute Gasteiger partial charge is 0.444 e. The Kier molecular flexibility index (Phi) is 6.63. The van der Waals surface area contributed by atoms with Gasteiger partial charge in [-0.2, -0.15) is 0 Å². The first-order valence-electron chi connectivity index (χ1n) is 11.0. The SMILES string of the molecule is CC(C)(C)OC(=O)N1CCC[C@H]1CS(=O)(=O)Nc1ccc(B2OC(C)(C)C(C)(C)O2)cc1. The van der Waals surface area contributed by atoms with Gasteiger partial charge in [-0.3, -0.25) is 4.72 Å². The summed E-state index contributed by atoms with van der Waals surface area (Å²) in [6.45, 7) is 13.8.